The van der Waals surface area contributed by atoms with Crippen LogP contribution in [0.3, 0.4) is 0 Å². The van der Waals surface area contributed by atoms with E-state index in [0.717, 1.165) is 5.56 Å². The summed E-state index contributed by atoms with van der Waals surface area (Å²) in [6, 6.07) is 11.5. The van der Waals surface area contributed by atoms with Gasteiger partial charge in [-0.1, -0.05) is 18.2 Å². The number of halogens is 1. The van der Waals surface area contributed by atoms with Gasteiger partial charge in [-0.3, -0.25) is 0 Å². The largest absolute Gasteiger partial charge is 0.497 e. The lowest BCUT2D eigenvalue weighted by molar-refractivity contribution is 0.218. The number of hydrogen-bond acceptors (Lipinski definition) is 2. The molecule has 0 saturated carbocycles. The maximum Gasteiger partial charge on any atom is 0.123 e. The van der Waals surface area contributed by atoms with E-state index in [1.807, 2.05) is 6.92 Å². The van der Waals surface area contributed by atoms with Gasteiger partial charge in [-0.05, 0) is 47.9 Å². The zero-order chi connectivity index (χ0) is 13.1. The van der Waals surface area contributed by atoms with E-state index in [0.29, 0.717) is 16.9 Å². The van der Waals surface area contributed by atoms with E-state index in [-0.39, 0.29) is 5.82 Å². The molecule has 0 aromatic heterocycles. The highest BCUT2D eigenvalue weighted by Gasteiger charge is 2.14. The van der Waals surface area contributed by atoms with Crippen molar-refractivity contribution in [1.29, 1.82) is 0 Å². The smallest absolute Gasteiger partial charge is 0.123 e. The van der Waals surface area contributed by atoms with Crippen molar-refractivity contribution in [1.82, 2.24) is 0 Å². The topological polar surface area (TPSA) is 29.5 Å². The van der Waals surface area contributed by atoms with Gasteiger partial charge in [-0.2, -0.15) is 0 Å². The van der Waals surface area contributed by atoms with Crippen molar-refractivity contribution in [2.45, 2.75) is 13.0 Å². The molecule has 0 radical (unpaired) electrons. The van der Waals surface area contributed by atoms with Crippen LogP contribution in [-0.2, 0) is 0 Å². The fourth-order valence-electron chi connectivity index (χ4n) is 1.90. The van der Waals surface area contributed by atoms with E-state index in [1.165, 1.54) is 12.1 Å². The zero-order valence-corrected chi connectivity index (χ0v) is 10.4. The molecule has 1 unspecified atom stereocenters. The first kappa shape index (κ1) is 12.6. The number of aliphatic hydroxyl groups is 1. The quantitative estimate of drug-likeness (QED) is 0.901. The minimum Gasteiger partial charge on any atom is -0.497 e. The highest BCUT2D eigenvalue weighted by molar-refractivity contribution is 5.38. The van der Waals surface area contributed by atoms with Crippen LogP contribution in [-0.4, -0.2) is 12.2 Å². The van der Waals surface area contributed by atoms with Crippen LogP contribution in [0.15, 0.2) is 42.5 Å². The van der Waals surface area contributed by atoms with Gasteiger partial charge in [0, 0.05) is 0 Å². The minimum atomic E-state index is -0.851. The molecule has 0 fully saturated rings. The van der Waals surface area contributed by atoms with Crippen molar-refractivity contribution in [2.75, 3.05) is 7.11 Å². The van der Waals surface area contributed by atoms with E-state index in [9.17, 15) is 9.50 Å². The molecule has 1 atom stereocenters. The molecule has 2 aromatic carbocycles. The molecule has 0 spiro atoms. The van der Waals surface area contributed by atoms with Crippen LogP contribution in [0.1, 0.15) is 22.8 Å². The van der Waals surface area contributed by atoms with E-state index < -0.39 is 6.10 Å². The molecule has 18 heavy (non-hydrogen) atoms. The third-order valence-corrected chi connectivity index (χ3v) is 2.95. The van der Waals surface area contributed by atoms with Gasteiger partial charge >= 0.3 is 0 Å². The molecule has 94 valence electrons. The van der Waals surface area contributed by atoms with Crippen molar-refractivity contribution in [2.24, 2.45) is 0 Å². The number of rotatable bonds is 3. The number of aryl methyl sites for hydroxylation is 1. The Labute approximate surface area is 106 Å². The fraction of sp³-hybridized carbons (Fsp3) is 0.200. The van der Waals surface area contributed by atoms with E-state index in [1.54, 1.807) is 37.4 Å². The summed E-state index contributed by atoms with van der Waals surface area (Å²) >= 11 is 0. The van der Waals surface area contributed by atoms with Gasteiger partial charge in [0.2, 0.25) is 0 Å². The highest BCUT2D eigenvalue weighted by Crippen LogP contribution is 2.27. The van der Waals surface area contributed by atoms with Crippen LogP contribution in [0.4, 0.5) is 4.39 Å². The number of methoxy groups -OCH3 is 1. The van der Waals surface area contributed by atoms with E-state index in [2.05, 4.69) is 0 Å². The molecule has 1 N–H and O–H groups in total. The lowest BCUT2D eigenvalue weighted by atomic mass is 9.97. The van der Waals surface area contributed by atoms with Gasteiger partial charge < -0.3 is 9.84 Å². The van der Waals surface area contributed by atoms with Crippen LogP contribution < -0.4 is 4.74 Å². The lowest BCUT2D eigenvalue weighted by Gasteiger charge is -2.15. The second-order valence-electron chi connectivity index (χ2n) is 4.18. The standard InChI is InChI=1S/C15H15FO2/c1-10-6-7-12(16)9-14(10)15(17)11-4-3-5-13(8-11)18-2/h3-9,15,17H,1-2H3. The van der Waals surface area contributed by atoms with Crippen LogP contribution in [0.5, 0.6) is 5.75 Å². The van der Waals surface area contributed by atoms with E-state index >= 15 is 0 Å². The summed E-state index contributed by atoms with van der Waals surface area (Å²) in [6.45, 7) is 1.85. The Bertz CT molecular complexity index is 552. The molecule has 0 aliphatic heterocycles. The van der Waals surface area contributed by atoms with Gasteiger partial charge in [-0.15, -0.1) is 0 Å². The summed E-state index contributed by atoms with van der Waals surface area (Å²) in [7, 11) is 1.57. The lowest BCUT2D eigenvalue weighted by Crippen LogP contribution is -2.03. The number of hydrogen-bond donors (Lipinski definition) is 1. The molecular formula is C15H15FO2. The average Bonchev–Trinajstić information content (AvgIpc) is 2.41. The van der Waals surface area contributed by atoms with Crippen molar-refractivity contribution < 1.29 is 14.2 Å². The maximum atomic E-state index is 13.2. The SMILES string of the molecule is COc1cccc(C(O)c2cc(F)ccc2C)c1. The van der Waals surface area contributed by atoms with Gasteiger partial charge in [-0.25, -0.2) is 4.39 Å². The van der Waals surface area contributed by atoms with Crippen molar-refractivity contribution in [3.63, 3.8) is 0 Å². The Morgan fingerprint density at radius 1 is 1.17 bits per heavy atom. The summed E-state index contributed by atoms with van der Waals surface area (Å²) in [5.74, 6) is 0.318. The molecule has 3 heteroatoms. The molecule has 0 bridgehead atoms. The van der Waals surface area contributed by atoms with Gasteiger partial charge in [0.25, 0.3) is 0 Å². The van der Waals surface area contributed by atoms with Crippen LogP contribution in [0.2, 0.25) is 0 Å². The zero-order valence-electron chi connectivity index (χ0n) is 10.4. The molecule has 2 aromatic rings. The fourth-order valence-corrected chi connectivity index (χ4v) is 1.90. The third-order valence-electron chi connectivity index (χ3n) is 2.95. The van der Waals surface area contributed by atoms with Crippen LogP contribution in [0.25, 0.3) is 0 Å². The first-order chi connectivity index (χ1) is 8.61. The Morgan fingerprint density at radius 3 is 2.67 bits per heavy atom. The van der Waals surface area contributed by atoms with Crippen LogP contribution in [0, 0.1) is 12.7 Å². The first-order valence-electron chi connectivity index (χ1n) is 5.70. The predicted octanol–water partition coefficient (Wildman–Crippen LogP) is 3.22. The summed E-state index contributed by atoms with van der Waals surface area (Å²) in [6.07, 6.45) is -0.851. The summed E-state index contributed by atoms with van der Waals surface area (Å²) in [4.78, 5) is 0. The normalized spacial score (nSPS) is 12.2. The minimum absolute atomic E-state index is 0.349. The van der Waals surface area contributed by atoms with Gasteiger partial charge in [0.1, 0.15) is 17.7 Å². The van der Waals surface area contributed by atoms with Crippen molar-refractivity contribution in [3.05, 3.63) is 65.0 Å². The number of ether oxygens (including phenoxy) is 1. The van der Waals surface area contributed by atoms with E-state index in [4.69, 9.17) is 4.74 Å². The number of benzene rings is 2. The molecule has 2 rings (SSSR count). The Hall–Kier alpha value is -1.87. The van der Waals surface area contributed by atoms with Gasteiger partial charge in [0.05, 0.1) is 7.11 Å². The third kappa shape index (κ3) is 2.51. The van der Waals surface area contributed by atoms with Crippen molar-refractivity contribution in [3.8, 4) is 5.75 Å². The molecular weight excluding hydrogens is 231 g/mol. The molecule has 0 saturated heterocycles. The van der Waals surface area contributed by atoms with Gasteiger partial charge in [0.15, 0.2) is 0 Å². The molecule has 2 nitrogen and oxygen atoms in total. The molecule has 0 aliphatic rings. The first-order valence-corrected chi connectivity index (χ1v) is 5.70. The predicted molar refractivity (Wildman–Crippen MR) is 68.2 cm³/mol. The number of aliphatic hydroxyl groups excluding tert-OH is 1. The monoisotopic (exact) mass is 246 g/mol. The molecule has 0 aliphatic carbocycles. The van der Waals surface area contributed by atoms with Crippen molar-refractivity contribution >= 4 is 0 Å². The maximum absolute atomic E-state index is 13.2. The molecule has 0 amide bonds. The second kappa shape index (κ2) is 5.19. The van der Waals surface area contributed by atoms with Crippen LogP contribution >= 0.6 is 0 Å². The Kier molecular flexibility index (Phi) is 3.63. The summed E-state index contributed by atoms with van der Waals surface area (Å²) < 4.78 is 18.3. The summed E-state index contributed by atoms with van der Waals surface area (Å²) in [5.41, 5.74) is 2.11. The highest BCUT2D eigenvalue weighted by atomic mass is 19.1. The Balaban J connectivity index is 2.40. The second-order valence-corrected chi connectivity index (χ2v) is 4.18. The Morgan fingerprint density at radius 2 is 1.94 bits per heavy atom. The summed E-state index contributed by atoms with van der Waals surface area (Å²) in [5, 5.41) is 10.3. The molecule has 0 heterocycles. The average molecular weight is 246 g/mol.